The van der Waals surface area contributed by atoms with Crippen molar-refractivity contribution in [3.8, 4) is 22.7 Å². The average Bonchev–Trinajstić information content (AvgIpc) is 3.08. The summed E-state index contributed by atoms with van der Waals surface area (Å²) in [6.07, 6.45) is 5.52. The lowest BCUT2D eigenvalue weighted by Crippen LogP contribution is -2.20. The van der Waals surface area contributed by atoms with Gasteiger partial charge in [0.25, 0.3) is 5.56 Å². The first-order valence-electron chi connectivity index (χ1n) is 7.33. The molecule has 0 radical (unpaired) electrons. The number of carboxylic acid groups (broad SMARTS) is 1. The van der Waals surface area contributed by atoms with Crippen molar-refractivity contribution < 1.29 is 15.0 Å². The molecule has 2 heterocycles. The van der Waals surface area contributed by atoms with Gasteiger partial charge >= 0.3 is 5.97 Å². The second kappa shape index (κ2) is 6.04. The summed E-state index contributed by atoms with van der Waals surface area (Å²) in [6.45, 7) is 1.78. The van der Waals surface area contributed by atoms with Crippen LogP contribution in [-0.4, -0.2) is 30.7 Å². The Morgan fingerprint density at radius 2 is 2.00 bits per heavy atom. The number of aromatic hydroxyl groups is 1. The zero-order chi connectivity index (χ0) is 17.3. The second-order valence-corrected chi connectivity index (χ2v) is 5.21. The minimum atomic E-state index is -1.45. The van der Waals surface area contributed by atoms with Crippen LogP contribution in [0.4, 0.5) is 0 Å². The molecule has 0 fully saturated rings. The van der Waals surface area contributed by atoms with Gasteiger partial charge in [0.1, 0.15) is 5.75 Å². The van der Waals surface area contributed by atoms with Crippen LogP contribution >= 0.6 is 0 Å². The summed E-state index contributed by atoms with van der Waals surface area (Å²) >= 11 is 0. The molecular formula is C17H15N3O4. The first kappa shape index (κ1) is 15.5. The Balaban J connectivity index is 2.12. The molecule has 0 saturated carbocycles. The molecule has 122 valence electrons. The number of aromatic nitrogens is 3. The molecular weight excluding hydrogens is 310 g/mol. The van der Waals surface area contributed by atoms with Crippen molar-refractivity contribution in [2.24, 2.45) is 0 Å². The van der Waals surface area contributed by atoms with Gasteiger partial charge < -0.3 is 19.8 Å². The number of aromatic carboxylic acids is 1. The lowest BCUT2D eigenvalue weighted by molar-refractivity contribution is 0.0691. The monoisotopic (exact) mass is 325 g/mol. The Hall–Kier alpha value is -3.35. The Morgan fingerprint density at radius 1 is 1.29 bits per heavy atom. The molecule has 0 saturated heterocycles. The molecule has 2 aromatic heterocycles. The van der Waals surface area contributed by atoms with E-state index in [0.29, 0.717) is 23.2 Å². The van der Waals surface area contributed by atoms with Gasteiger partial charge in [0.2, 0.25) is 0 Å². The number of hydrogen-bond acceptors (Lipinski definition) is 4. The van der Waals surface area contributed by atoms with Gasteiger partial charge in [-0.3, -0.25) is 4.79 Å². The largest absolute Gasteiger partial charge is 0.506 e. The molecule has 0 aliphatic heterocycles. The number of hydrogen-bond donors (Lipinski definition) is 3. The van der Waals surface area contributed by atoms with Crippen molar-refractivity contribution in [2.75, 3.05) is 0 Å². The van der Waals surface area contributed by atoms with Gasteiger partial charge in [-0.15, -0.1) is 0 Å². The smallest absolute Gasteiger partial charge is 0.345 e. The van der Waals surface area contributed by atoms with E-state index < -0.39 is 22.8 Å². The maximum atomic E-state index is 12.0. The fraction of sp³-hybridized carbons (Fsp3) is 0.118. The molecule has 0 spiro atoms. The molecule has 7 heteroatoms. The Kier molecular flexibility index (Phi) is 3.91. The predicted molar refractivity (Wildman–Crippen MR) is 87.6 cm³/mol. The number of pyridine rings is 1. The summed E-state index contributed by atoms with van der Waals surface area (Å²) in [4.78, 5) is 29.7. The van der Waals surface area contributed by atoms with E-state index in [1.807, 2.05) is 22.9 Å². The van der Waals surface area contributed by atoms with Crippen molar-refractivity contribution in [2.45, 2.75) is 13.3 Å². The number of aromatic amines is 1. The first-order valence-corrected chi connectivity index (χ1v) is 7.33. The van der Waals surface area contributed by atoms with Gasteiger partial charge in [0.15, 0.2) is 5.56 Å². The van der Waals surface area contributed by atoms with Gasteiger partial charge in [0.05, 0.1) is 12.0 Å². The maximum absolute atomic E-state index is 12.0. The van der Waals surface area contributed by atoms with E-state index in [4.69, 9.17) is 5.11 Å². The average molecular weight is 325 g/mol. The molecule has 0 atom stereocenters. The molecule has 1 aromatic carbocycles. The number of H-pyrrole nitrogens is 1. The van der Waals surface area contributed by atoms with Gasteiger partial charge in [-0.1, -0.05) is 19.1 Å². The third kappa shape index (κ3) is 2.56. The Morgan fingerprint density at radius 3 is 2.54 bits per heavy atom. The zero-order valence-corrected chi connectivity index (χ0v) is 12.9. The second-order valence-electron chi connectivity index (χ2n) is 5.21. The number of carbonyl (C=O) groups is 1. The number of nitrogens with one attached hydrogen (secondary N) is 1. The van der Waals surface area contributed by atoms with E-state index in [1.165, 1.54) is 0 Å². The lowest BCUT2D eigenvalue weighted by Gasteiger charge is -2.12. The first-order chi connectivity index (χ1) is 11.5. The number of carboxylic acids is 1. The van der Waals surface area contributed by atoms with Crippen molar-refractivity contribution in [3.63, 3.8) is 0 Å². The third-order valence-electron chi connectivity index (χ3n) is 3.82. The van der Waals surface area contributed by atoms with E-state index in [2.05, 4.69) is 9.97 Å². The van der Waals surface area contributed by atoms with E-state index in [1.54, 1.807) is 31.6 Å². The van der Waals surface area contributed by atoms with Crippen LogP contribution in [0.3, 0.4) is 0 Å². The third-order valence-corrected chi connectivity index (χ3v) is 3.82. The van der Waals surface area contributed by atoms with Crippen LogP contribution in [0.5, 0.6) is 5.75 Å². The van der Waals surface area contributed by atoms with Crippen molar-refractivity contribution >= 4 is 5.97 Å². The summed E-state index contributed by atoms with van der Waals surface area (Å²) in [5, 5.41) is 19.3. The minimum absolute atomic E-state index is 0.376. The molecule has 0 aliphatic rings. The summed E-state index contributed by atoms with van der Waals surface area (Å²) in [5.74, 6) is -1.94. The summed E-state index contributed by atoms with van der Waals surface area (Å²) in [7, 11) is 0. The van der Waals surface area contributed by atoms with Crippen molar-refractivity contribution in [1.29, 1.82) is 0 Å². The van der Waals surface area contributed by atoms with Gasteiger partial charge in [-0.05, 0) is 24.1 Å². The van der Waals surface area contributed by atoms with Crippen LogP contribution in [0.25, 0.3) is 16.9 Å². The van der Waals surface area contributed by atoms with Gasteiger partial charge in [-0.2, -0.15) is 0 Å². The van der Waals surface area contributed by atoms with E-state index in [-0.39, 0.29) is 0 Å². The van der Waals surface area contributed by atoms with Crippen molar-refractivity contribution in [3.05, 3.63) is 64.5 Å². The molecule has 3 aromatic rings. The van der Waals surface area contributed by atoms with Crippen LogP contribution in [0.1, 0.15) is 22.8 Å². The summed E-state index contributed by atoms with van der Waals surface area (Å²) in [5.41, 5.74) is 0.921. The maximum Gasteiger partial charge on any atom is 0.345 e. The Labute approximate surface area is 136 Å². The van der Waals surface area contributed by atoms with Crippen LogP contribution < -0.4 is 5.56 Å². The van der Waals surface area contributed by atoms with Gasteiger partial charge in [-0.25, -0.2) is 9.78 Å². The fourth-order valence-electron chi connectivity index (χ4n) is 2.63. The quantitative estimate of drug-likeness (QED) is 0.681. The Bertz CT molecular complexity index is 941. The minimum Gasteiger partial charge on any atom is -0.506 e. The van der Waals surface area contributed by atoms with Crippen LogP contribution in [-0.2, 0) is 6.42 Å². The molecule has 0 unspecified atom stereocenters. The standard InChI is InChI=1S/C17H15N3O4/c1-2-12-14(19-16(22)13(15(12)21)17(23)24)10-3-5-11(6-4-10)20-8-7-18-9-20/h3-9H,2H2,1H3,(H,23,24)(H2,19,21,22). The number of nitrogens with zero attached hydrogens (tertiary/aromatic N) is 2. The SMILES string of the molecule is CCc1c(-c2ccc(-n3ccnc3)cc2)[nH]c(=O)c(C(=O)O)c1O. The van der Waals surface area contributed by atoms with Crippen molar-refractivity contribution in [1.82, 2.24) is 14.5 Å². The lowest BCUT2D eigenvalue weighted by atomic mass is 10.0. The molecule has 3 rings (SSSR count). The highest BCUT2D eigenvalue weighted by Crippen LogP contribution is 2.30. The molecule has 3 N–H and O–H groups in total. The van der Waals surface area contributed by atoms with Crippen LogP contribution in [0, 0.1) is 0 Å². The molecule has 0 amide bonds. The highest BCUT2D eigenvalue weighted by Gasteiger charge is 2.21. The van der Waals surface area contributed by atoms with Gasteiger partial charge in [0, 0.05) is 23.6 Å². The fourth-order valence-corrected chi connectivity index (χ4v) is 2.63. The topological polar surface area (TPSA) is 108 Å². The number of benzene rings is 1. The highest BCUT2D eigenvalue weighted by molar-refractivity contribution is 5.91. The summed E-state index contributed by atoms with van der Waals surface area (Å²) in [6, 6.07) is 7.27. The number of imidazole rings is 1. The zero-order valence-electron chi connectivity index (χ0n) is 12.9. The molecule has 0 aliphatic carbocycles. The highest BCUT2D eigenvalue weighted by atomic mass is 16.4. The molecule has 24 heavy (non-hydrogen) atoms. The van der Waals surface area contributed by atoms with Crippen LogP contribution in [0.2, 0.25) is 0 Å². The summed E-state index contributed by atoms with van der Waals surface area (Å²) < 4.78 is 1.83. The normalized spacial score (nSPS) is 10.7. The van der Waals surface area contributed by atoms with E-state index >= 15 is 0 Å². The van der Waals surface area contributed by atoms with E-state index in [9.17, 15) is 14.7 Å². The number of rotatable bonds is 4. The van der Waals surface area contributed by atoms with Crippen LogP contribution in [0.15, 0.2) is 47.8 Å². The molecule has 0 bridgehead atoms. The molecule has 7 nitrogen and oxygen atoms in total. The van der Waals surface area contributed by atoms with E-state index in [0.717, 1.165) is 5.69 Å². The predicted octanol–water partition coefficient (Wildman–Crippen LogP) is 2.19.